The quantitative estimate of drug-likeness (QED) is 0.504. The number of benzene rings is 1. The molecule has 0 saturated heterocycles. The molecule has 0 unspecified atom stereocenters. The van der Waals surface area contributed by atoms with Gasteiger partial charge in [-0.05, 0) is 39.7 Å². The molecule has 0 atom stereocenters. The average molecular weight is 337 g/mol. The lowest BCUT2D eigenvalue weighted by molar-refractivity contribution is -0.389. The molecule has 0 saturated carbocycles. The summed E-state index contributed by atoms with van der Waals surface area (Å²) in [4.78, 5) is 18.1. The van der Waals surface area contributed by atoms with Crippen LogP contribution in [-0.4, -0.2) is 22.0 Å². The molecule has 0 radical (unpaired) electrons. The van der Waals surface area contributed by atoms with Gasteiger partial charge in [0.1, 0.15) is 24.3 Å². The van der Waals surface area contributed by atoms with Crippen molar-refractivity contribution in [1.29, 1.82) is 0 Å². The molecule has 0 amide bonds. The van der Waals surface area contributed by atoms with Gasteiger partial charge in [-0.2, -0.15) is 0 Å². The third kappa shape index (κ3) is 4.08. The van der Waals surface area contributed by atoms with Gasteiger partial charge in [0, 0.05) is 23.4 Å². The molecule has 3 aromatic rings. The topological polar surface area (TPSA) is 87.4 Å². The lowest BCUT2D eigenvalue weighted by Gasteiger charge is -2.08. The fraction of sp³-hybridized carbons (Fsp3) is 0.111. The summed E-state index contributed by atoms with van der Waals surface area (Å²) in [6, 6.07) is 12.4. The minimum absolute atomic E-state index is 0.191. The van der Waals surface area contributed by atoms with E-state index in [2.05, 4.69) is 9.97 Å². The van der Waals surface area contributed by atoms with Crippen LogP contribution in [0.3, 0.4) is 0 Å². The molecule has 0 bridgehead atoms. The summed E-state index contributed by atoms with van der Waals surface area (Å²) in [5, 5.41) is 10.7. The maximum atomic E-state index is 10.7. The molecule has 0 aliphatic carbocycles. The minimum Gasteiger partial charge on any atom is -0.497 e. The van der Waals surface area contributed by atoms with Crippen LogP contribution in [-0.2, 0) is 6.61 Å². The first-order valence-electron chi connectivity index (χ1n) is 7.47. The first-order chi connectivity index (χ1) is 12.2. The van der Waals surface area contributed by atoms with Crippen LogP contribution in [0.4, 0.5) is 5.82 Å². The smallest absolute Gasteiger partial charge is 0.363 e. The van der Waals surface area contributed by atoms with Gasteiger partial charge in [-0.3, -0.25) is 4.98 Å². The van der Waals surface area contributed by atoms with Crippen LogP contribution < -0.4 is 9.47 Å². The zero-order valence-electron chi connectivity index (χ0n) is 13.5. The molecule has 25 heavy (non-hydrogen) atoms. The fourth-order valence-electron chi connectivity index (χ4n) is 2.21. The molecule has 3 rings (SSSR count). The molecule has 0 aliphatic heterocycles. The second-order valence-electron chi connectivity index (χ2n) is 5.21. The van der Waals surface area contributed by atoms with Gasteiger partial charge in [0.15, 0.2) is 0 Å². The summed E-state index contributed by atoms with van der Waals surface area (Å²) in [6.45, 7) is 0.396. The highest BCUT2D eigenvalue weighted by Gasteiger charge is 2.09. The van der Waals surface area contributed by atoms with E-state index in [9.17, 15) is 10.1 Å². The Morgan fingerprint density at radius 3 is 2.44 bits per heavy atom. The zero-order chi connectivity index (χ0) is 17.6. The van der Waals surface area contributed by atoms with Crippen LogP contribution >= 0.6 is 0 Å². The first-order valence-corrected chi connectivity index (χ1v) is 7.47. The molecular formula is C18H15N3O4. The van der Waals surface area contributed by atoms with E-state index in [0.29, 0.717) is 12.4 Å². The van der Waals surface area contributed by atoms with E-state index in [4.69, 9.17) is 9.47 Å². The van der Waals surface area contributed by atoms with Crippen molar-refractivity contribution in [2.24, 2.45) is 0 Å². The Morgan fingerprint density at radius 1 is 1.00 bits per heavy atom. The van der Waals surface area contributed by atoms with Gasteiger partial charge in [0.25, 0.3) is 0 Å². The lowest BCUT2D eigenvalue weighted by atomic mass is 10.1. The summed E-state index contributed by atoms with van der Waals surface area (Å²) < 4.78 is 10.9. The second-order valence-corrected chi connectivity index (χ2v) is 5.21. The molecule has 0 spiro atoms. The van der Waals surface area contributed by atoms with Gasteiger partial charge in [0.05, 0.1) is 13.3 Å². The van der Waals surface area contributed by atoms with Crippen LogP contribution in [0.25, 0.3) is 11.1 Å². The van der Waals surface area contributed by atoms with Gasteiger partial charge in [0.2, 0.25) is 0 Å². The van der Waals surface area contributed by atoms with Crippen molar-refractivity contribution in [3.8, 4) is 22.6 Å². The number of methoxy groups -OCH3 is 1. The molecule has 7 heteroatoms. The standard InChI is InChI=1S/C18H15N3O4/c1-24-16-5-2-13(3-6-16)12-25-17-8-15(9-19-11-17)14-4-7-18(20-10-14)21(22)23/h2-11H,12H2,1H3. The van der Waals surface area contributed by atoms with Crippen LogP contribution in [0.15, 0.2) is 61.1 Å². The van der Waals surface area contributed by atoms with Crippen molar-refractivity contribution in [3.05, 3.63) is 76.7 Å². The number of aromatic nitrogens is 2. The first kappa shape index (κ1) is 16.4. The Bertz CT molecular complexity index is 864. The highest BCUT2D eigenvalue weighted by Crippen LogP contribution is 2.24. The third-order valence-corrected chi connectivity index (χ3v) is 3.55. The van der Waals surface area contributed by atoms with Gasteiger partial charge in [-0.1, -0.05) is 12.1 Å². The van der Waals surface area contributed by atoms with Crippen molar-refractivity contribution in [3.63, 3.8) is 0 Å². The lowest BCUT2D eigenvalue weighted by Crippen LogP contribution is -1.96. The van der Waals surface area contributed by atoms with Gasteiger partial charge in [-0.15, -0.1) is 0 Å². The maximum absolute atomic E-state index is 10.7. The monoisotopic (exact) mass is 337 g/mol. The Morgan fingerprint density at radius 2 is 1.80 bits per heavy atom. The highest BCUT2D eigenvalue weighted by atomic mass is 16.6. The Hall–Kier alpha value is -3.48. The van der Waals surface area contributed by atoms with E-state index in [-0.39, 0.29) is 5.82 Å². The summed E-state index contributed by atoms with van der Waals surface area (Å²) in [5.41, 5.74) is 2.51. The molecule has 0 N–H and O–H groups in total. The number of hydrogen-bond donors (Lipinski definition) is 0. The van der Waals surface area contributed by atoms with Crippen molar-refractivity contribution < 1.29 is 14.4 Å². The minimum atomic E-state index is -0.531. The van der Waals surface area contributed by atoms with Gasteiger partial charge >= 0.3 is 5.82 Å². The van der Waals surface area contributed by atoms with E-state index in [1.54, 1.807) is 25.6 Å². The Labute approximate surface area is 144 Å². The SMILES string of the molecule is COc1ccc(COc2cncc(-c3ccc([N+](=O)[O-])nc3)c2)cc1. The van der Waals surface area contributed by atoms with E-state index < -0.39 is 4.92 Å². The zero-order valence-corrected chi connectivity index (χ0v) is 13.5. The van der Waals surface area contributed by atoms with Crippen LogP contribution in [0.1, 0.15) is 5.56 Å². The predicted octanol–water partition coefficient (Wildman–Crippen LogP) is 3.64. The molecule has 7 nitrogen and oxygen atoms in total. The van der Waals surface area contributed by atoms with Crippen LogP contribution in [0, 0.1) is 10.1 Å². The van der Waals surface area contributed by atoms with Crippen LogP contribution in [0.5, 0.6) is 11.5 Å². The van der Waals surface area contributed by atoms with E-state index in [1.165, 1.54) is 12.3 Å². The largest absolute Gasteiger partial charge is 0.497 e. The molecule has 2 heterocycles. The highest BCUT2D eigenvalue weighted by molar-refractivity contribution is 5.63. The van der Waals surface area contributed by atoms with E-state index >= 15 is 0 Å². The second kappa shape index (κ2) is 7.39. The Balaban J connectivity index is 1.71. The number of nitro groups is 1. The number of hydrogen-bond acceptors (Lipinski definition) is 6. The van der Waals surface area contributed by atoms with Gasteiger partial charge in [-0.25, -0.2) is 0 Å². The summed E-state index contributed by atoms with van der Waals surface area (Å²) in [7, 11) is 1.62. The van der Waals surface area contributed by atoms with E-state index in [1.807, 2.05) is 30.3 Å². The Kier molecular flexibility index (Phi) is 4.84. The predicted molar refractivity (Wildman–Crippen MR) is 91.4 cm³/mol. The van der Waals surface area contributed by atoms with Gasteiger partial charge < -0.3 is 19.6 Å². The summed E-state index contributed by atoms with van der Waals surface area (Å²) >= 11 is 0. The van der Waals surface area contributed by atoms with Crippen molar-refractivity contribution in [1.82, 2.24) is 9.97 Å². The summed E-state index contributed by atoms with van der Waals surface area (Å²) in [6.07, 6.45) is 4.72. The third-order valence-electron chi connectivity index (χ3n) is 3.55. The van der Waals surface area contributed by atoms with E-state index in [0.717, 1.165) is 22.4 Å². The molecular weight excluding hydrogens is 322 g/mol. The number of nitrogens with zero attached hydrogens (tertiary/aromatic N) is 3. The maximum Gasteiger partial charge on any atom is 0.363 e. The summed E-state index contributed by atoms with van der Waals surface area (Å²) in [5.74, 6) is 1.20. The number of pyridine rings is 2. The number of rotatable bonds is 6. The fourth-order valence-corrected chi connectivity index (χ4v) is 2.21. The molecule has 2 aromatic heterocycles. The van der Waals surface area contributed by atoms with Crippen LogP contribution in [0.2, 0.25) is 0 Å². The molecule has 126 valence electrons. The van der Waals surface area contributed by atoms with Crippen molar-refractivity contribution in [2.45, 2.75) is 6.61 Å². The molecule has 0 fully saturated rings. The van der Waals surface area contributed by atoms with Crippen molar-refractivity contribution >= 4 is 5.82 Å². The average Bonchev–Trinajstić information content (AvgIpc) is 2.67. The molecule has 0 aliphatic rings. The molecule has 1 aromatic carbocycles. The van der Waals surface area contributed by atoms with Crippen molar-refractivity contribution in [2.75, 3.05) is 7.11 Å². The normalized spacial score (nSPS) is 10.3. The number of ether oxygens (including phenoxy) is 2.